The molecule has 158 valence electrons. The minimum atomic E-state index is -5.08. The Labute approximate surface area is 158 Å². The van der Waals surface area contributed by atoms with Gasteiger partial charge in [-0.15, -0.1) is 0 Å². The van der Waals surface area contributed by atoms with E-state index in [-0.39, 0.29) is 19.7 Å². The predicted octanol–water partition coefficient (Wildman–Crippen LogP) is 2.30. The van der Waals surface area contributed by atoms with E-state index in [0.717, 1.165) is 0 Å². The number of carbonyl (C=O) groups excluding carboxylic acids is 1. The van der Waals surface area contributed by atoms with Crippen LogP contribution < -0.4 is 0 Å². The van der Waals surface area contributed by atoms with Gasteiger partial charge in [0.1, 0.15) is 11.2 Å². The minimum absolute atomic E-state index is 0.157. The molecule has 0 aliphatic rings. The molecule has 0 saturated carbocycles. The number of likely N-dealkylation sites (N-methyl/N-ethyl adjacent to an activating group) is 1. The van der Waals surface area contributed by atoms with Crippen LogP contribution in [0.3, 0.4) is 0 Å². The van der Waals surface area contributed by atoms with Gasteiger partial charge in [0.25, 0.3) is 0 Å². The summed E-state index contributed by atoms with van der Waals surface area (Å²) >= 11 is 0. The lowest BCUT2D eigenvalue weighted by atomic mass is 9.82. The molecule has 0 heterocycles. The maximum absolute atomic E-state index is 13.1. The maximum atomic E-state index is 13.1. The van der Waals surface area contributed by atoms with Crippen molar-refractivity contribution in [3.8, 4) is 0 Å². The number of esters is 1. The van der Waals surface area contributed by atoms with E-state index in [2.05, 4.69) is 0 Å². The Morgan fingerprint density at radius 3 is 1.93 bits per heavy atom. The molecular formula is C17H21F4NO6. The molecule has 1 rings (SSSR count). The average Bonchev–Trinajstić information content (AvgIpc) is 2.54. The Bertz CT molecular complexity index is 677. The van der Waals surface area contributed by atoms with E-state index in [1.807, 2.05) is 0 Å². The predicted molar refractivity (Wildman–Crippen MR) is 89.2 cm³/mol. The summed E-state index contributed by atoms with van der Waals surface area (Å²) in [6, 6.07) is 5.57. The van der Waals surface area contributed by atoms with Gasteiger partial charge in [0, 0.05) is 6.54 Å². The van der Waals surface area contributed by atoms with Crippen molar-refractivity contribution in [3.05, 3.63) is 35.6 Å². The van der Waals surface area contributed by atoms with Gasteiger partial charge in [-0.2, -0.15) is 13.2 Å². The molecule has 0 aromatic heterocycles. The molecule has 28 heavy (non-hydrogen) atoms. The van der Waals surface area contributed by atoms with Gasteiger partial charge in [0.15, 0.2) is 0 Å². The van der Waals surface area contributed by atoms with Crippen molar-refractivity contribution in [2.24, 2.45) is 0 Å². The first-order valence-electron chi connectivity index (χ1n) is 7.87. The van der Waals surface area contributed by atoms with E-state index in [0.29, 0.717) is 5.56 Å². The number of carboxylic acid groups (broad SMARTS) is 2. The van der Waals surface area contributed by atoms with Crippen LogP contribution in [0, 0.1) is 5.82 Å². The zero-order valence-corrected chi connectivity index (χ0v) is 15.4. The topological polar surface area (TPSA) is 104 Å². The standard InChI is InChI=1S/C15H20FNO4.C2HF3O2/c1-4-21-14(20)15(2,10-17(3)9-13(18)19)11-5-7-12(16)8-6-11;3-2(4,5)1(6)7/h5-8H,4,9-10H2,1-3H3,(H,18,19);(H,6,7). The highest BCUT2D eigenvalue weighted by molar-refractivity contribution is 5.83. The lowest BCUT2D eigenvalue weighted by Gasteiger charge is -2.31. The molecule has 1 unspecified atom stereocenters. The van der Waals surface area contributed by atoms with Gasteiger partial charge in [0.2, 0.25) is 0 Å². The van der Waals surface area contributed by atoms with Gasteiger partial charge in [-0.25, -0.2) is 9.18 Å². The average molecular weight is 411 g/mol. The monoisotopic (exact) mass is 411 g/mol. The molecule has 1 aromatic carbocycles. The Morgan fingerprint density at radius 1 is 1.11 bits per heavy atom. The van der Waals surface area contributed by atoms with Gasteiger partial charge in [-0.05, 0) is 38.6 Å². The number of hydrogen-bond acceptors (Lipinski definition) is 5. The van der Waals surface area contributed by atoms with Crippen LogP contribution in [0.2, 0.25) is 0 Å². The first kappa shape index (κ1) is 25.3. The van der Waals surface area contributed by atoms with E-state index < -0.39 is 35.3 Å². The fourth-order valence-corrected chi connectivity index (χ4v) is 2.21. The van der Waals surface area contributed by atoms with Crippen LogP contribution in [0.15, 0.2) is 24.3 Å². The molecule has 2 N–H and O–H groups in total. The van der Waals surface area contributed by atoms with E-state index in [9.17, 15) is 27.2 Å². The fourth-order valence-electron chi connectivity index (χ4n) is 2.21. The highest BCUT2D eigenvalue weighted by Gasteiger charge is 2.39. The van der Waals surface area contributed by atoms with Crippen LogP contribution in [0.4, 0.5) is 17.6 Å². The summed E-state index contributed by atoms with van der Waals surface area (Å²) in [5.41, 5.74) is -0.479. The van der Waals surface area contributed by atoms with Gasteiger partial charge in [-0.3, -0.25) is 14.5 Å². The van der Waals surface area contributed by atoms with Crippen molar-refractivity contribution in [1.82, 2.24) is 4.90 Å². The fraction of sp³-hybridized carbons (Fsp3) is 0.471. The number of rotatable bonds is 7. The highest BCUT2D eigenvalue weighted by atomic mass is 19.4. The van der Waals surface area contributed by atoms with Crippen LogP contribution in [-0.2, 0) is 24.5 Å². The largest absolute Gasteiger partial charge is 0.490 e. The van der Waals surface area contributed by atoms with Gasteiger partial charge in [0.05, 0.1) is 13.2 Å². The van der Waals surface area contributed by atoms with Crippen LogP contribution in [-0.4, -0.2) is 65.9 Å². The molecule has 1 aromatic rings. The van der Waals surface area contributed by atoms with Crippen LogP contribution in [0.5, 0.6) is 0 Å². The van der Waals surface area contributed by atoms with Gasteiger partial charge in [-0.1, -0.05) is 12.1 Å². The van der Waals surface area contributed by atoms with Crippen LogP contribution >= 0.6 is 0 Å². The molecule has 11 heteroatoms. The van der Waals surface area contributed by atoms with Crippen molar-refractivity contribution in [2.45, 2.75) is 25.4 Å². The molecule has 0 radical (unpaired) electrons. The molecule has 0 fully saturated rings. The SMILES string of the molecule is CCOC(=O)C(C)(CN(C)CC(=O)O)c1ccc(F)cc1.O=C(O)C(F)(F)F. The van der Waals surface area contributed by atoms with Crippen molar-refractivity contribution in [1.29, 1.82) is 0 Å². The molecule has 0 aliphatic carbocycles. The maximum Gasteiger partial charge on any atom is 0.490 e. The zero-order chi connectivity index (χ0) is 22.1. The third-order valence-electron chi connectivity index (χ3n) is 3.44. The number of benzene rings is 1. The minimum Gasteiger partial charge on any atom is -0.480 e. The number of halogens is 4. The van der Waals surface area contributed by atoms with E-state index in [1.165, 1.54) is 29.2 Å². The molecule has 1 atom stereocenters. The second kappa shape index (κ2) is 10.6. The number of ether oxygens (including phenoxy) is 1. The summed E-state index contributed by atoms with van der Waals surface area (Å²) in [5.74, 6) is -4.60. The van der Waals surface area contributed by atoms with E-state index in [1.54, 1.807) is 20.9 Å². The van der Waals surface area contributed by atoms with E-state index >= 15 is 0 Å². The second-order valence-electron chi connectivity index (χ2n) is 5.93. The quantitative estimate of drug-likeness (QED) is 0.524. The molecule has 0 amide bonds. The Morgan fingerprint density at radius 2 is 1.57 bits per heavy atom. The Balaban J connectivity index is 0.000000887. The highest BCUT2D eigenvalue weighted by Crippen LogP contribution is 2.27. The van der Waals surface area contributed by atoms with Crippen LogP contribution in [0.25, 0.3) is 0 Å². The summed E-state index contributed by atoms with van der Waals surface area (Å²) in [5, 5.41) is 15.9. The van der Waals surface area contributed by atoms with Crippen molar-refractivity contribution in [2.75, 3.05) is 26.7 Å². The van der Waals surface area contributed by atoms with Crippen LogP contribution in [0.1, 0.15) is 19.4 Å². The number of carboxylic acids is 2. The molecule has 0 aliphatic heterocycles. The summed E-state index contributed by atoms with van der Waals surface area (Å²) < 4.78 is 49.9. The third-order valence-corrected chi connectivity index (χ3v) is 3.44. The van der Waals surface area contributed by atoms with Gasteiger partial charge >= 0.3 is 24.1 Å². The molecular weight excluding hydrogens is 390 g/mol. The van der Waals surface area contributed by atoms with Gasteiger partial charge < -0.3 is 14.9 Å². The van der Waals surface area contributed by atoms with Crippen molar-refractivity contribution < 1.29 is 46.9 Å². The lowest BCUT2D eigenvalue weighted by molar-refractivity contribution is -0.192. The van der Waals surface area contributed by atoms with Crippen molar-refractivity contribution in [3.63, 3.8) is 0 Å². The number of alkyl halides is 3. The number of carbonyl (C=O) groups is 3. The molecule has 0 saturated heterocycles. The smallest absolute Gasteiger partial charge is 0.480 e. The number of aliphatic carboxylic acids is 2. The molecule has 0 spiro atoms. The first-order chi connectivity index (χ1) is 12.7. The Hall–Kier alpha value is -2.69. The summed E-state index contributed by atoms with van der Waals surface area (Å²) in [7, 11) is 1.61. The lowest BCUT2D eigenvalue weighted by Crippen LogP contribution is -2.45. The normalized spacial score (nSPS) is 13.1. The summed E-state index contributed by atoms with van der Waals surface area (Å²) in [6.45, 7) is 3.54. The van der Waals surface area contributed by atoms with Crippen molar-refractivity contribution >= 4 is 17.9 Å². The second-order valence-corrected chi connectivity index (χ2v) is 5.93. The molecule has 0 bridgehead atoms. The number of hydrogen-bond donors (Lipinski definition) is 2. The molecule has 7 nitrogen and oxygen atoms in total. The summed E-state index contributed by atoms with van der Waals surface area (Å²) in [6.07, 6.45) is -5.08. The first-order valence-corrected chi connectivity index (χ1v) is 7.87. The van der Waals surface area contributed by atoms with E-state index in [4.69, 9.17) is 19.7 Å². The zero-order valence-electron chi connectivity index (χ0n) is 15.4. The Kier molecular flexibility index (Phi) is 9.58. The third kappa shape index (κ3) is 8.33. The summed E-state index contributed by atoms with van der Waals surface area (Å²) in [4.78, 5) is 33.5. The number of nitrogens with zero attached hydrogens (tertiary/aromatic N) is 1.